The van der Waals surface area contributed by atoms with Crippen molar-refractivity contribution in [1.29, 1.82) is 0 Å². The van der Waals surface area contributed by atoms with Gasteiger partial charge in [-0.15, -0.1) is 0 Å². The Labute approximate surface area is 180 Å². The van der Waals surface area contributed by atoms with Gasteiger partial charge in [-0.05, 0) is 66.7 Å². The predicted molar refractivity (Wildman–Crippen MR) is 128 cm³/mol. The van der Waals surface area contributed by atoms with Crippen LogP contribution >= 0.6 is 0 Å². The van der Waals surface area contributed by atoms with Gasteiger partial charge in [0.25, 0.3) is 0 Å². The molecule has 2 aromatic carbocycles. The van der Waals surface area contributed by atoms with E-state index in [4.69, 9.17) is 0 Å². The van der Waals surface area contributed by atoms with Crippen LogP contribution < -0.4 is 0 Å². The third-order valence-corrected chi connectivity index (χ3v) is 7.45. The number of hydrogen-bond donors (Lipinski definition) is 0. The SMILES string of the molecule is CCCCCCCC1CCC(c2cccc(CC)c2)(c2cccc(CC)c2)CC1. The fourth-order valence-electron chi connectivity index (χ4n) is 5.42. The largest absolute Gasteiger partial charge is 0.0654 e. The summed E-state index contributed by atoms with van der Waals surface area (Å²) >= 11 is 0. The van der Waals surface area contributed by atoms with Crippen LogP contribution in [0.25, 0.3) is 0 Å². The van der Waals surface area contributed by atoms with E-state index in [1.807, 2.05) is 0 Å². The van der Waals surface area contributed by atoms with Gasteiger partial charge in [0.05, 0.1) is 0 Å². The van der Waals surface area contributed by atoms with Gasteiger partial charge < -0.3 is 0 Å². The zero-order valence-corrected chi connectivity index (χ0v) is 19.2. The lowest BCUT2D eigenvalue weighted by Crippen LogP contribution is -2.33. The summed E-state index contributed by atoms with van der Waals surface area (Å²) < 4.78 is 0. The van der Waals surface area contributed by atoms with Crippen LogP contribution in [0.1, 0.15) is 107 Å². The summed E-state index contributed by atoms with van der Waals surface area (Å²) in [5.74, 6) is 0.938. The standard InChI is InChI=1S/C29H42/c1-4-7-8-9-10-13-26-18-20-29(21-19-26,27-16-11-14-24(5-2)22-27)28-17-12-15-25(6-3)23-28/h11-12,14-17,22-23,26H,4-10,13,18-21H2,1-3H3. The number of unbranched alkanes of at least 4 members (excludes halogenated alkanes) is 4. The molecule has 3 rings (SSSR count). The maximum absolute atomic E-state index is 2.50. The first-order valence-corrected chi connectivity index (χ1v) is 12.4. The van der Waals surface area contributed by atoms with Crippen molar-refractivity contribution in [3.8, 4) is 0 Å². The van der Waals surface area contributed by atoms with Crippen molar-refractivity contribution in [2.24, 2.45) is 5.92 Å². The second kappa shape index (κ2) is 11.0. The average molecular weight is 391 g/mol. The first kappa shape index (κ1) is 22.1. The Bertz CT molecular complexity index is 684. The highest BCUT2D eigenvalue weighted by molar-refractivity contribution is 5.43. The van der Waals surface area contributed by atoms with Crippen molar-refractivity contribution in [2.45, 2.75) is 103 Å². The van der Waals surface area contributed by atoms with E-state index in [0.29, 0.717) is 0 Å². The molecule has 0 heteroatoms. The van der Waals surface area contributed by atoms with Crippen LogP contribution in [0.4, 0.5) is 0 Å². The second-order valence-corrected chi connectivity index (χ2v) is 9.34. The molecule has 29 heavy (non-hydrogen) atoms. The third-order valence-electron chi connectivity index (χ3n) is 7.45. The molecule has 0 N–H and O–H groups in total. The van der Waals surface area contributed by atoms with Gasteiger partial charge in [0.15, 0.2) is 0 Å². The lowest BCUT2D eigenvalue weighted by atomic mass is 9.62. The molecule has 0 aliphatic heterocycles. The van der Waals surface area contributed by atoms with Crippen molar-refractivity contribution in [2.75, 3.05) is 0 Å². The maximum Gasteiger partial charge on any atom is 0.0203 e. The molecule has 0 unspecified atom stereocenters. The predicted octanol–water partition coefficient (Wildman–Crippen LogP) is 8.65. The van der Waals surface area contributed by atoms with Crippen LogP contribution in [0, 0.1) is 5.92 Å². The number of rotatable bonds is 10. The van der Waals surface area contributed by atoms with Crippen LogP contribution in [-0.2, 0) is 18.3 Å². The van der Waals surface area contributed by atoms with E-state index in [0.717, 1.165) is 18.8 Å². The van der Waals surface area contributed by atoms with E-state index in [1.165, 1.54) is 75.3 Å². The molecule has 0 atom stereocenters. The zero-order chi connectivity index (χ0) is 20.5. The van der Waals surface area contributed by atoms with Crippen molar-refractivity contribution < 1.29 is 0 Å². The van der Waals surface area contributed by atoms with Gasteiger partial charge in [0, 0.05) is 5.41 Å². The minimum absolute atomic E-state index is 0.217. The summed E-state index contributed by atoms with van der Waals surface area (Å²) in [6.45, 7) is 6.86. The van der Waals surface area contributed by atoms with Gasteiger partial charge in [0.1, 0.15) is 0 Å². The van der Waals surface area contributed by atoms with Gasteiger partial charge in [-0.1, -0.05) is 108 Å². The fourth-order valence-corrected chi connectivity index (χ4v) is 5.42. The smallest absolute Gasteiger partial charge is 0.0203 e. The average Bonchev–Trinajstić information content (AvgIpc) is 2.79. The minimum atomic E-state index is 0.217. The minimum Gasteiger partial charge on any atom is -0.0654 e. The number of benzene rings is 2. The lowest BCUT2D eigenvalue weighted by Gasteiger charge is -2.42. The Morgan fingerprint density at radius 3 is 1.79 bits per heavy atom. The van der Waals surface area contributed by atoms with Crippen LogP contribution in [0.15, 0.2) is 48.5 Å². The van der Waals surface area contributed by atoms with Crippen LogP contribution in [0.3, 0.4) is 0 Å². The van der Waals surface area contributed by atoms with Crippen LogP contribution in [0.2, 0.25) is 0 Å². The molecule has 0 amide bonds. The maximum atomic E-state index is 2.50. The van der Waals surface area contributed by atoms with E-state index >= 15 is 0 Å². The van der Waals surface area contributed by atoms with Gasteiger partial charge in [-0.3, -0.25) is 0 Å². The molecular formula is C29H42. The molecule has 0 nitrogen and oxygen atoms in total. The molecule has 158 valence electrons. The summed E-state index contributed by atoms with van der Waals surface area (Å²) in [6.07, 6.45) is 16.2. The highest BCUT2D eigenvalue weighted by Crippen LogP contribution is 2.47. The van der Waals surface area contributed by atoms with E-state index in [1.54, 1.807) is 11.1 Å². The Morgan fingerprint density at radius 1 is 0.724 bits per heavy atom. The Morgan fingerprint density at radius 2 is 1.28 bits per heavy atom. The molecule has 0 bridgehead atoms. The van der Waals surface area contributed by atoms with E-state index in [-0.39, 0.29) is 5.41 Å². The highest BCUT2D eigenvalue weighted by atomic mass is 14.4. The molecular weight excluding hydrogens is 348 g/mol. The first-order chi connectivity index (χ1) is 14.2. The van der Waals surface area contributed by atoms with Crippen molar-refractivity contribution >= 4 is 0 Å². The lowest BCUT2D eigenvalue weighted by molar-refractivity contribution is 0.250. The highest BCUT2D eigenvalue weighted by Gasteiger charge is 2.38. The molecule has 2 aromatic rings. The molecule has 0 spiro atoms. The molecule has 0 radical (unpaired) electrons. The van der Waals surface area contributed by atoms with Crippen LogP contribution in [0.5, 0.6) is 0 Å². The molecule has 1 aliphatic carbocycles. The Kier molecular flexibility index (Phi) is 8.40. The fraction of sp³-hybridized carbons (Fsp3) is 0.586. The summed E-state index contributed by atoms with van der Waals surface area (Å²) in [7, 11) is 0. The normalized spacial score (nSPS) is 16.8. The quantitative estimate of drug-likeness (QED) is 0.356. The summed E-state index contributed by atoms with van der Waals surface area (Å²) in [5.41, 5.74) is 6.30. The molecule has 1 saturated carbocycles. The van der Waals surface area contributed by atoms with Gasteiger partial charge in [-0.2, -0.15) is 0 Å². The third kappa shape index (κ3) is 5.53. The van der Waals surface area contributed by atoms with E-state index in [9.17, 15) is 0 Å². The van der Waals surface area contributed by atoms with Crippen LogP contribution in [-0.4, -0.2) is 0 Å². The molecule has 0 saturated heterocycles. The van der Waals surface area contributed by atoms with E-state index in [2.05, 4.69) is 69.3 Å². The molecule has 0 heterocycles. The van der Waals surface area contributed by atoms with Crippen molar-refractivity contribution in [3.63, 3.8) is 0 Å². The van der Waals surface area contributed by atoms with Gasteiger partial charge in [-0.25, -0.2) is 0 Å². The summed E-state index contributed by atoms with van der Waals surface area (Å²) in [4.78, 5) is 0. The Balaban J connectivity index is 1.78. The van der Waals surface area contributed by atoms with Crippen molar-refractivity contribution in [1.82, 2.24) is 0 Å². The Hall–Kier alpha value is -1.56. The molecule has 1 aliphatic rings. The number of hydrogen-bond acceptors (Lipinski definition) is 0. The summed E-state index contributed by atoms with van der Waals surface area (Å²) in [5, 5.41) is 0. The first-order valence-electron chi connectivity index (χ1n) is 12.4. The monoisotopic (exact) mass is 390 g/mol. The molecule has 0 aromatic heterocycles. The van der Waals surface area contributed by atoms with E-state index < -0.39 is 0 Å². The number of aryl methyl sites for hydroxylation is 2. The second-order valence-electron chi connectivity index (χ2n) is 9.34. The summed E-state index contributed by atoms with van der Waals surface area (Å²) in [6, 6.07) is 19.0. The topological polar surface area (TPSA) is 0 Å². The van der Waals surface area contributed by atoms with Gasteiger partial charge >= 0.3 is 0 Å². The van der Waals surface area contributed by atoms with Crippen molar-refractivity contribution in [3.05, 3.63) is 70.8 Å². The molecule has 1 fully saturated rings. The zero-order valence-electron chi connectivity index (χ0n) is 19.2. The van der Waals surface area contributed by atoms with Gasteiger partial charge in [0.2, 0.25) is 0 Å².